The number of hydrogen-bond donors (Lipinski definition) is 2. The first kappa shape index (κ1) is 19.2. The van der Waals surface area contributed by atoms with Gasteiger partial charge in [-0.15, -0.1) is 6.58 Å². The van der Waals surface area contributed by atoms with E-state index >= 15 is 0 Å². The van der Waals surface area contributed by atoms with E-state index in [0.717, 1.165) is 5.56 Å². The summed E-state index contributed by atoms with van der Waals surface area (Å²) >= 11 is 0. The van der Waals surface area contributed by atoms with Crippen molar-refractivity contribution in [3.05, 3.63) is 77.9 Å². The molecule has 26 heavy (non-hydrogen) atoms. The van der Waals surface area contributed by atoms with Crippen molar-refractivity contribution in [3.8, 4) is 5.75 Å². The van der Waals surface area contributed by atoms with Crippen molar-refractivity contribution in [2.45, 2.75) is 12.5 Å². The van der Waals surface area contributed by atoms with Crippen LogP contribution in [0.15, 0.2) is 61.2 Å². The standard InChI is InChI=1S/C20H21NO5/c1-2-7-14-8-3-6-11-18(14)26-13-15(22)12-21-19(23)16-9-4-5-10-17(16)20(24)25/h2-6,8-11,15,22H,1,7,12-13H2,(H,21,23)(H,24,25)/p-1/t15-/m0/s1. The summed E-state index contributed by atoms with van der Waals surface area (Å²) in [7, 11) is 0. The lowest BCUT2D eigenvalue weighted by Crippen LogP contribution is -2.36. The number of hydrogen-bond acceptors (Lipinski definition) is 5. The Balaban J connectivity index is 1.89. The minimum atomic E-state index is -1.43. The number of benzene rings is 2. The number of carboxylic acid groups (broad SMARTS) is 1. The van der Waals surface area contributed by atoms with E-state index in [4.69, 9.17) is 4.74 Å². The number of aliphatic hydroxyl groups is 1. The third-order valence-corrected chi connectivity index (χ3v) is 3.66. The lowest BCUT2D eigenvalue weighted by molar-refractivity contribution is -0.255. The molecule has 0 unspecified atom stereocenters. The Hall–Kier alpha value is -3.12. The Labute approximate surface area is 151 Å². The van der Waals surface area contributed by atoms with Gasteiger partial charge < -0.3 is 25.1 Å². The van der Waals surface area contributed by atoms with Gasteiger partial charge in [0, 0.05) is 17.7 Å². The van der Waals surface area contributed by atoms with Crippen LogP contribution >= 0.6 is 0 Å². The second-order valence-electron chi connectivity index (χ2n) is 5.61. The van der Waals surface area contributed by atoms with E-state index in [1.165, 1.54) is 18.2 Å². The first-order valence-electron chi connectivity index (χ1n) is 8.11. The number of carboxylic acids is 1. The molecular weight excluding hydrogens is 334 g/mol. The number of carbonyl (C=O) groups is 2. The molecule has 0 saturated carbocycles. The quantitative estimate of drug-likeness (QED) is 0.653. The van der Waals surface area contributed by atoms with Crippen LogP contribution in [0.4, 0.5) is 0 Å². The Morgan fingerprint density at radius 1 is 1.15 bits per heavy atom. The molecule has 0 saturated heterocycles. The summed E-state index contributed by atoms with van der Waals surface area (Å²) in [6.45, 7) is 3.59. The third kappa shape index (κ3) is 5.19. The number of amides is 1. The summed E-state index contributed by atoms with van der Waals surface area (Å²) in [6.07, 6.45) is 1.45. The van der Waals surface area contributed by atoms with Gasteiger partial charge in [0.15, 0.2) is 0 Å². The number of rotatable bonds is 9. The Morgan fingerprint density at radius 2 is 1.81 bits per heavy atom. The van der Waals surface area contributed by atoms with E-state index in [1.807, 2.05) is 18.2 Å². The van der Waals surface area contributed by atoms with Gasteiger partial charge in [0.25, 0.3) is 5.91 Å². The van der Waals surface area contributed by atoms with Gasteiger partial charge in [0.1, 0.15) is 18.5 Å². The highest BCUT2D eigenvalue weighted by Crippen LogP contribution is 2.18. The van der Waals surface area contributed by atoms with Crippen LogP contribution in [0.25, 0.3) is 0 Å². The van der Waals surface area contributed by atoms with Crippen LogP contribution in [0.1, 0.15) is 26.3 Å². The molecule has 0 bridgehead atoms. The van der Waals surface area contributed by atoms with Crippen LogP contribution in [-0.4, -0.2) is 36.2 Å². The van der Waals surface area contributed by atoms with Crippen molar-refractivity contribution < 1.29 is 24.5 Å². The molecule has 0 heterocycles. The fourth-order valence-corrected chi connectivity index (χ4v) is 2.38. The molecule has 0 aromatic heterocycles. The molecule has 0 aliphatic carbocycles. The maximum atomic E-state index is 12.1. The zero-order valence-electron chi connectivity index (χ0n) is 14.2. The highest BCUT2D eigenvalue weighted by atomic mass is 16.5. The zero-order chi connectivity index (χ0) is 18.9. The smallest absolute Gasteiger partial charge is 0.252 e. The first-order valence-corrected chi connectivity index (χ1v) is 8.11. The van der Waals surface area contributed by atoms with Crippen molar-refractivity contribution >= 4 is 11.9 Å². The fraction of sp³-hybridized carbons (Fsp3) is 0.200. The van der Waals surface area contributed by atoms with E-state index in [9.17, 15) is 19.8 Å². The molecule has 6 nitrogen and oxygen atoms in total. The monoisotopic (exact) mass is 354 g/mol. The highest BCUT2D eigenvalue weighted by Gasteiger charge is 2.14. The predicted molar refractivity (Wildman–Crippen MR) is 95.0 cm³/mol. The van der Waals surface area contributed by atoms with Crippen LogP contribution in [0, 0.1) is 0 Å². The van der Waals surface area contributed by atoms with E-state index in [-0.39, 0.29) is 24.3 Å². The van der Waals surface area contributed by atoms with Crippen molar-refractivity contribution in [1.29, 1.82) is 0 Å². The molecule has 2 aromatic rings. The number of allylic oxidation sites excluding steroid dienone is 1. The van der Waals surface area contributed by atoms with Crippen LogP contribution in [0.2, 0.25) is 0 Å². The molecule has 0 spiro atoms. The van der Waals surface area contributed by atoms with E-state index < -0.39 is 18.0 Å². The van der Waals surface area contributed by atoms with E-state index in [0.29, 0.717) is 12.2 Å². The van der Waals surface area contributed by atoms with Crippen LogP contribution < -0.4 is 15.2 Å². The molecule has 2 rings (SSSR count). The van der Waals surface area contributed by atoms with Crippen molar-refractivity contribution in [2.24, 2.45) is 0 Å². The molecular formula is C20H20NO5-. The minimum Gasteiger partial charge on any atom is -0.545 e. The predicted octanol–water partition coefficient (Wildman–Crippen LogP) is 0.948. The minimum absolute atomic E-state index is 0.0167. The van der Waals surface area contributed by atoms with Gasteiger partial charge >= 0.3 is 0 Å². The largest absolute Gasteiger partial charge is 0.545 e. The SMILES string of the molecule is C=CCc1ccccc1OC[C@@H](O)CNC(=O)c1ccccc1C(=O)[O-]. The zero-order valence-corrected chi connectivity index (χ0v) is 14.2. The number of nitrogens with one attached hydrogen (secondary N) is 1. The van der Waals surface area contributed by atoms with Gasteiger partial charge in [-0.1, -0.05) is 42.5 Å². The van der Waals surface area contributed by atoms with Crippen molar-refractivity contribution in [2.75, 3.05) is 13.2 Å². The van der Waals surface area contributed by atoms with Crippen LogP contribution in [-0.2, 0) is 6.42 Å². The van der Waals surface area contributed by atoms with Crippen LogP contribution in [0.5, 0.6) is 5.75 Å². The maximum absolute atomic E-state index is 12.1. The fourth-order valence-electron chi connectivity index (χ4n) is 2.38. The molecule has 0 aliphatic rings. The number of aliphatic hydroxyl groups excluding tert-OH is 1. The molecule has 1 atom stereocenters. The topological polar surface area (TPSA) is 98.7 Å². The van der Waals surface area contributed by atoms with Gasteiger partial charge in [0.2, 0.25) is 0 Å². The molecule has 6 heteroatoms. The summed E-state index contributed by atoms with van der Waals surface area (Å²) in [5.74, 6) is -1.39. The van der Waals surface area contributed by atoms with Gasteiger partial charge in [-0.25, -0.2) is 0 Å². The van der Waals surface area contributed by atoms with E-state index in [1.54, 1.807) is 18.2 Å². The average molecular weight is 354 g/mol. The summed E-state index contributed by atoms with van der Waals surface area (Å²) in [6, 6.07) is 13.1. The van der Waals surface area contributed by atoms with Gasteiger partial charge in [-0.05, 0) is 24.1 Å². The molecule has 2 aromatic carbocycles. The molecule has 2 N–H and O–H groups in total. The van der Waals surface area contributed by atoms with Gasteiger partial charge in [0.05, 0.1) is 5.97 Å². The summed E-state index contributed by atoms with van der Waals surface area (Å²) in [5, 5.41) is 23.6. The number of para-hydroxylation sites is 1. The van der Waals surface area contributed by atoms with Crippen molar-refractivity contribution in [1.82, 2.24) is 5.32 Å². The Kier molecular flexibility index (Phi) is 6.93. The first-order chi connectivity index (χ1) is 12.5. The number of carbonyl (C=O) groups excluding carboxylic acids is 2. The molecule has 0 aliphatic heterocycles. The lowest BCUT2D eigenvalue weighted by Gasteiger charge is -2.16. The second-order valence-corrected chi connectivity index (χ2v) is 5.61. The average Bonchev–Trinajstić information content (AvgIpc) is 2.65. The van der Waals surface area contributed by atoms with Gasteiger partial charge in [-0.2, -0.15) is 0 Å². The second kappa shape index (κ2) is 9.39. The maximum Gasteiger partial charge on any atom is 0.252 e. The Morgan fingerprint density at radius 3 is 2.50 bits per heavy atom. The summed E-state index contributed by atoms with van der Waals surface area (Å²) < 4.78 is 5.60. The van der Waals surface area contributed by atoms with Crippen molar-refractivity contribution in [3.63, 3.8) is 0 Å². The number of aromatic carboxylic acids is 1. The summed E-state index contributed by atoms with van der Waals surface area (Å²) in [5.41, 5.74) is 0.729. The normalized spacial score (nSPS) is 11.4. The third-order valence-electron chi connectivity index (χ3n) is 3.66. The highest BCUT2D eigenvalue weighted by molar-refractivity contribution is 6.04. The van der Waals surface area contributed by atoms with Gasteiger partial charge in [-0.3, -0.25) is 4.79 Å². The van der Waals surface area contributed by atoms with Crippen LogP contribution in [0.3, 0.4) is 0 Å². The lowest BCUT2D eigenvalue weighted by atomic mass is 10.1. The molecule has 0 radical (unpaired) electrons. The molecule has 0 fully saturated rings. The summed E-state index contributed by atoms with van der Waals surface area (Å²) in [4.78, 5) is 23.2. The molecule has 136 valence electrons. The number of ether oxygens (including phenoxy) is 1. The Bertz CT molecular complexity index is 787. The molecule has 1 amide bonds. The van der Waals surface area contributed by atoms with E-state index in [2.05, 4.69) is 11.9 Å².